The highest BCUT2D eigenvalue weighted by molar-refractivity contribution is 6.00. The van der Waals surface area contributed by atoms with E-state index in [1.165, 1.54) is 0 Å². The van der Waals surface area contributed by atoms with Gasteiger partial charge < -0.3 is 18.9 Å². The molecule has 2 saturated heterocycles. The molecule has 318 valence electrons. The fourth-order valence-corrected chi connectivity index (χ4v) is 10.1. The topological polar surface area (TPSA) is 77.5 Å². The number of esters is 2. The molecule has 0 aliphatic carbocycles. The molecule has 5 rings (SSSR count). The molecule has 0 unspecified atom stereocenters. The van der Waals surface area contributed by atoms with Gasteiger partial charge in [0.2, 0.25) is 0 Å². The summed E-state index contributed by atoms with van der Waals surface area (Å²) in [4.78, 5) is 34.9. The second-order valence-electron chi connectivity index (χ2n) is 19.3. The van der Waals surface area contributed by atoms with E-state index in [4.69, 9.17) is 18.9 Å². The van der Waals surface area contributed by atoms with E-state index in [1.807, 2.05) is 66.7 Å². The van der Waals surface area contributed by atoms with Crippen LogP contribution in [-0.4, -0.2) is 82.4 Å². The van der Waals surface area contributed by atoms with Gasteiger partial charge in [0, 0.05) is 60.9 Å². The van der Waals surface area contributed by atoms with Crippen LogP contribution >= 0.6 is 0 Å². The summed E-state index contributed by atoms with van der Waals surface area (Å²) >= 11 is 0. The lowest BCUT2D eigenvalue weighted by molar-refractivity contribution is -0.190. The fourth-order valence-electron chi connectivity index (χ4n) is 10.1. The SMILES string of the molecule is CCCCC(Cc1ccccc1)(C(=O)OC1CC(C)(C)N(CCOCc2ccccc2)C(C)(C)C1)C(=O)OC1CC(C)(C)N(CCOCc2ccccc2)C(C)(C)C1. The predicted molar refractivity (Wildman–Crippen MR) is 232 cm³/mol. The van der Waals surface area contributed by atoms with Crippen LogP contribution in [-0.2, 0) is 48.2 Å². The number of piperidine rings is 2. The molecule has 8 nitrogen and oxygen atoms in total. The van der Waals surface area contributed by atoms with E-state index in [0.29, 0.717) is 65.0 Å². The first kappa shape index (κ1) is 45.5. The third kappa shape index (κ3) is 11.8. The van der Waals surface area contributed by atoms with Crippen molar-refractivity contribution in [1.82, 2.24) is 9.80 Å². The number of hydrogen-bond donors (Lipinski definition) is 0. The van der Waals surface area contributed by atoms with Crippen LogP contribution in [0.3, 0.4) is 0 Å². The summed E-state index contributed by atoms with van der Waals surface area (Å²) in [6, 6.07) is 30.4. The molecule has 2 aliphatic rings. The molecule has 0 N–H and O–H groups in total. The molecule has 2 aliphatic heterocycles. The normalized spacial score (nSPS) is 19.7. The molecule has 2 fully saturated rings. The Morgan fingerprint density at radius 2 is 0.914 bits per heavy atom. The van der Waals surface area contributed by atoms with Crippen LogP contribution in [0.2, 0.25) is 0 Å². The first-order valence-corrected chi connectivity index (χ1v) is 21.7. The Labute approximate surface area is 350 Å². The maximum atomic E-state index is 15.0. The lowest BCUT2D eigenvalue weighted by Crippen LogP contribution is -2.63. The number of unbranched alkanes of at least 4 members (excludes halogenated alkanes) is 1. The van der Waals surface area contributed by atoms with Crippen molar-refractivity contribution in [2.45, 2.75) is 161 Å². The standard InChI is InChI=1S/C50H72N2O6/c1-10-11-27-50(32-39-21-15-12-16-22-39,44(53)57-42-33-46(2,3)51(47(4,5)34-42)28-30-55-37-40-23-17-13-18-24-40)45(54)58-43-35-48(6,7)52(49(8,9)36-43)29-31-56-38-41-25-19-14-20-26-41/h12-26,42-43H,10-11,27-38H2,1-9H3. The average molecular weight is 797 g/mol. The van der Waals surface area contributed by atoms with Crippen molar-refractivity contribution < 1.29 is 28.5 Å². The number of carbonyl (C=O) groups excluding carboxylic acids is 2. The van der Waals surface area contributed by atoms with Crippen LogP contribution < -0.4 is 0 Å². The van der Waals surface area contributed by atoms with Crippen LogP contribution in [0, 0.1) is 5.41 Å². The van der Waals surface area contributed by atoms with E-state index in [-0.39, 0.29) is 40.8 Å². The van der Waals surface area contributed by atoms with Crippen LogP contribution in [0.5, 0.6) is 0 Å². The lowest BCUT2D eigenvalue weighted by Gasteiger charge is -2.55. The molecule has 3 aromatic carbocycles. The van der Waals surface area contributed by atoms with Gasteiger partial charge in [-0.1, -0.05) is 111 Å². The zero-order chi connectivity index (χ0) is 42.0. The van der Waals surface area contributed by atoms with Crippen LogP contribution in [0.1, 0.15) is 124 Å². The maximum absolute atomic E-state index is 15.0. The van der Waals surface area contributed by atoms with Gasteiger partial charge in [0.25, 0.3) is 0 Å². The minimum absolute atomic E-state index is 0.236. The van der Waals surface area contributed by atoms with Crippen molar-refractivity contribution in [1.29, 1.82) is 0 Å². The summed E-state index contributed by atoms with van der Waals surface area (Å²) in [5.74, 6) is -0.921. The molecule has 3 aromatic rings. The number of likely N-dealkylation sites (tertiary alicyclic amines) is 2. The van der Waals surface area contributed by atoms with Gasteiger partial charge in [-0.2, -0.15) is 0 Å². The van der Waals surface area contributed by atoms with Crippen molar-refractivity contribution >= 4 is 11.9 Å². The van der Waals surface area contributed by atoms with E-state index in [2.05, 4.69) is 96.4 Å². The fraction of sp³-hybridized carbons (Fsp3) is 0.600. The minimum Gasteiger partial charge on any atom is -0.461 e. The first-order valence-electron chi connectivity index (χ1n) is 21.7. The van der Waals surface area contributed by atoms with Crippen LogP contribution in [0.25, 0.3) is 0 Å². The Balaban J connectivity index is 1.30. The summed E-state index contributed by atoms with van der Waals surface area (Å²) in [6.07, 6.45) is 4.05. The molecular formula is C50H72N2O6. The number of ether oxygens (including phenoxy) is 4. The number of benzene rings is 3. The van der Waals surface area contributed by atoms with E-state index in [0.717, 1.165) is 36.2 Å². The van der Waals surface area contributed by atoms with E-state index >= 15 is 0 Å². The highest BCUT2D eigenvalue weighted by Crippen LogP contribution is 2.44. The van der Waals surface area contributed by atoms with Gasteiger partial charge in [-0.25, -0.2) is 0 Å². The molecule has 0 amide bonds. The van der Waals surface area contributed by atoms with Gasteiger partial charge in [-0.15, -0.1) is 0 Å². The van der Waals surface area contributed by atoms with Gasteiger partial charge in [-0.05, 0) is 84.9 Å². The quantitative estimate of drug-likeness (QED) is 0.0675. The monoisotopic (exact) mass is 797 g/mol. The summed E-state index contributed by atoms with van der Waals surface area (Å²) in [6.45, 7) is 23.8. The predicted octanol–water partition coefficient (Wildman–Crippen LogP) is 9.97. The summed E-state index contributed by atoms with van der Waals surface area (Å²) in [5.41, 5.74) is 0.684. The second-order valence-corrected chi connectivity index (χ2v) is 19.3. The largest absolute Gasteiger partial charge is 0.461 e. The molecule has 0 bridgehead atoms. The first-order chi connectivity index (χ1) is 27.5. The summed E-state index contributed by atoms with van der Waals surface area (Å²) < 4.78 is 25.4. The lowest BCUT2D eigenvalue weighted by atomic mass is 9.75. The zero-order valence-corrected chi connectivity index (χ0v) is 37.1. The van der Waals surface area contributed by atoms with Gasteiger partial charge in [-0.3, -0.25) is 19.4 Å². The van der Waals surface area contributed by atoms with Crippen LogP contribution in [0.15, 0.2) is 91.0 Å². The van der Waals surface area contributed by atoms with Crippen molar-refractivity contribution in [3.05, 3.63) is 108 Å². The van der Waals surface area contributed by atoms with E-state index < -0.39 is 17.4 Å². The Hall–Kier alpha value is -3.56. The number of hydrogen-bond acceptors (Lipinski definition) is 8. The Kier molecular flexibility index (Phi) is 15.4. The molecule has 0 atom stereocenters. The van der Waals surface area contributed by atoms with Gasteiger partial charge in [0.15, 0.2) is 5.41 Å². The number of carbonyl (C=O) groups is 2. The van der Waals surface area contributed by atoms with Crippen LogP contribution in [0.4, 0.5) is 0 Å². The number of nitrogens with zero attached hydrogens (tertiary/aromatic N) is 2. The Bertz CT molecular complexity index is 1590. The summed E-state index contributed by atoms with van der Waals surface area (Å²) in [5, 5.41) is 0. The molecule has 0 aromatic heterocycles. The average Bonchev–Trinajstić information content (AvgIpc) is 3.15. The summed E-state index contributed by atoms with van der Waals surface area (Å²) in [7, 11) is 0. The van der Waals surface area contributed by atoms with Gasteiger partial charge >= 0.3 is 11.9 Å². The van der Waals surface area contributed by atoms with Crippen molar-refractivity contribution in [2.75, 3.05) is 26.3 Å². The third-order valence-electron chi connectivity index (χ3n) is 12.6. The van der Waals surface area contributed by atoms with Crippen molar-refractivity contribution in [3.63, 3.8) is 0 Å². The Morgan fingerprint density at radius 1 is 0.569 bits per heavy atom. The molecule has 0 saturated carbocycles. The molecule has 8 heteroatoms. The van der Waals surface area contributed by atoms with Gasteiger partial charge in [0.05, 0.1) is 26.4 Å². The van der Waals surface area contributed by atoms with Crippen molar-refractivity contribution in [2.24, 2.45) is 5.41 Å². The maximum Gasteiger partial charge on any atom is 0.324 e. The smallest absolute Gasteiger partial charge is 0.324 e. The molecule has 0 spiro atoms. The third-order valence-corrected chi connectivity index (χ3v) is 12.6. The molecular weight excluding hydrogens is 725 g/mol. The zero-order valence-electron chi connectivity index (χ0n) is 37.1. The minimum atomic E-state index is -1.47. The van der Waals surface area contributed by atoms with E-state index in [9.17, 15) is 9.59 Å². The number of rotatable bonds is 19. The molecule has 2 heterocycles. The second kappa shape index (κ2) is 19.7. The molecule has 58 heavy (non-hydrogen) atoms. The van der Waals surface area contributed by atoms with E-state index in [1.54, 1.807) is 0 Å². The Morgan fingerprint density at radius 3 is 1.26 bits per heavy atom. The molecule has 0 radical (unpaired) electrons. The van der Waals surface area contributed by atoms with Gasteiger partial charge in [0.1, 0.15) is 12.2 Å². The highest BCUT2D eigenvalue weighted by atomic mass is 16.6. The highest BCUT2D eigenvalue weighted by Gasteiger charge is 2.54. The van der Waals surface area contributed by atoms with Crippen molar-refractivity contribution in [3.8, 4) is 0 Å².